The van der Waals surface area contributed by atoms with Crippen LogP contribution in [0.3, 0.4) is 0 Å². The molecular formula is C26H27NO3. The van der Waals surface area contributed by atoms with Crippen LogP contribution in [0.25, 0.3) is 0 Å². The van der Waals surface area contributed by atoms with E-state index in [1.54, 1.807) is 14.2 Å². The molecule has 3 aromatic rings. The molecule has 0 N–H and O–H groups in total. The maximum Gasteiger partial charge on any atom is 0.235 e. The van der Waals surface area contributed by atoms with Crippen molar-refractivity contribution in [1.82, 2.24) is 4.90 Å². The summed E-state index contributed by atoms with van der Waals surface area (Å²) in [6, 6.07) is 24.1. The van der Waals surface area contributed by atoms with Gasteiger partial charge < -0.3 is 14.4 Å². The van der Waals surface area contributed by atoms with Gasteiger partial charge in [-0.25, -0.2) is 0 Å². The van der Waals surface area contributed by atoms with Crippen LogP contribution in [0.2, 0.25) is 0 Å². The van der Waals surface area contributed by atoms with Crippen molar-refractivity contribution in [2.45, 2.75) is 25.3 Å². The number of ether oxygens (including phenoxy) is 2. The van der Waals surface area contributed by atoms with Crippen LogP contribution in [-0.4, -0.2) is 31.6 Å². The van der Waals surface area contributed by atoms with Crippen LogP contribution in [0, 0.1) is 0 Å². The Morgan fingerprint density at radius 3 is 1.97 bits per heavy atom. The molecule has 0 aromatic heterocycles. The first-order valence-corrected chi connectivity index (χ1v) is 10.3. The number of carbonyl (C=O) groups excluding carboxylic acids is 1. The second-order valence-electron chi connectivity index (χ2n) is 7.62. The number of carbonyl (C=O) groups is 1. The number of methoxy groups -OCH3 is 2. The maximum atomic E-state index is 13.9. The Hall–Kier alpha value is -3.27. The second-order valence-corrected chi connectivity index (χ2v) is 7.62. The zero-order valence-corrected chi connectivity index (χ0v) is 17.7. The number of nitrogens with zero attached hydrogens (tertiary/aromatic N) is 1. The molecule has 30 heavy (non-hydrogen) atoms. The van der Waals surface area contributed by atoms with Crippen molar-refractivity contribution in [2.75, 3.05) is 20.8 Å². The number of hydrogen-bond donors (Lipinski definition) is 0. The average molecular weight is 402 g/mol. The number of benzene rings is 3. The number of hydrogen-bond acceptors (Lipinski definition) is 3. The fourth-order valence-corrected chi connectivity index (χ4v) is 4.38. The lowest BCUT2D eigenvalue weighted by atomic mass is 9.87. The standard InChI is InChI=1S/C26H27NO3/c1-18-22-17-24(30-3)23(29-2)16-21(22)14-15-27(18)26(28)25(19-10-6-4-7-11-19)20-12-8-5-9-13-20/h4-13,16-18,25H,14-15H2,1-3H3/t18-/m1/s1. The van der Waals surface area contributed by atoms with E-state index in [9.17, 15) is 4.79 Å². The van der Waals surface area contributed by atoms with Gasteiger partial charge in [0.05, 0.1) is 26.2 Å². The van der Waals surface area contributed by atoms with Gasteiger partial charge in [0.1, 0.15) is 0 Å². The first-order valence-electron chi connectivity index (χ1n) is 10.3. The highest BCUT2D eigenvalue weighted by atomic mass is 16.5. The van der Waals surface area contributed by atoms with Gasteiger partial charge in [-0.15, -0.1) is 0 Å². The van der Waals surface area contributed by atoms with Gasteiger partial charge in [0.2, 0.25) is 5.91 Å². The van der Waals surface area contributed by atoms with Gasteiger partial charge in [-0.05, 0) is 47.7 Å². The predicted molar refractivity (Wildman–Crippen MR) is 118 cm³/mol. The fraction of sp³-hybridized carbons (Fsp3) is 0.269. The molecule has 0 unspecified atom stereocenters. The minimum absolute atomic E-state index is 0.0454. The summed E-state index contributed by atoms with van der Waals surface area (Å²) in [6.07, 6.45) is 0.794. The molecule has 1 heterocycles. The lowest BCUT2D eigenvalue weighted by Gasteiger charge is -2.38. The molecule has 0 saturated carbocycles. The lowest BCUT2D eigenvalue weighted by Crippen LogP contribution is -2.41. The minimum atomic E-state index is -0.323. The van der Waals surface area contributed by atoms with Gasteiger partial charge in [0.15, 0.2) is 11.5 Å². The molecule has 3 aromatic carbocycles. The molecule has 1 amide bonds. The molecule has 1 atom stereocenters. The Bertz CT molecular complexity index is 978. The van der Waals surface area contributed by atoms with Crippen molar-refractivity contribution < 1.29 is 14.3 Å². The van der Waals surface area contributed by atoms with E-state index in [1.807, 2.05) is 77.7 Å². The monoisotopic (exact) mass is 401 g/mol. The molecule has 0 radical (unpaired) electrons. The van der Waals surface area contributed by atoms with Crippen LogP contribution in [0.15, 0.2) is 72.8 Å². The van der Waals surface area contributed by atoms with Crippen LogP contribution in [0.4, 0.5) is 0 Å². The van der Waals surface area contributed by atoms with Gasteiger partial charge in [0, 0.05) is 6.54 Å². The van der Waals surface area contributed by atoms with Crippen LogP contribution in [0.1, 0.15) is 41.1 Å². The van der Waals surface area contributed by atoms with Gasteiger partial charge >= 0.3 is 0 Å². The second kappa shape index (κ2) is 8.62. The number of fused-ring (bicyclic) bond motifs is 1. The molecule has 4 rings (SSSR count). The summed E-state index contributed by atoms with van der Waals surface area (Å²) in [5, 5.41) is 0. The largest absolute Gasteiger partial charge is 0.493 e. The lowest BCUT2D eigenvalue weighted by molar-refractivity contribution is -0.134. The summed E-state index contributed by atoms with van der Waals surface area (Å²) in [6.45, 7) is 2.77. The Morgan fingerprint density at radius 1 is 0.900 bits per heavy atom. The van der Waals surface area contributed by atoms with E-state index in [2.05, 4.69) is 6.92 Å². The summed E-state index contributed by atoms with van der Waals surface area (Å²) >= 11 is 0. The molecule has 154 valence electrons. The summed E-state index contributed by atoms with van der Waals surface area (Å²) in [5.74, 6) is 1.23. The summed E-state index contributed by atoms with van der Waals surface area (Å²) < 4.78 is 11.0. The van der Waals surface area contributed by atoms with Gasteiger partial charge in [-0.3, -0.25) is 4.79 Å². The molecule has 0 fully saturated rings. The summed E-state index contributed by atoms with van der Waals surface area (Å²) in [7, 11) is 3.29. The zero-order valence-electron chi connectivity index (χ0n) is 17.7. The molecular weight excluding hydrogens is 374 g/mol. The highest BCUT2D eigenvalue weighted by Crippen LogP contribution is 2.39. The maximum absolute atomic E-state index is 13.9. The van der Waals surface area contributed by atoms with Crippen LogP contribution < -0.4 is 9.47 Å². The highest BCUT2D eigenvalue weighted by molar-refractivity contribution is 5.88. The Morgan fingerprint density at radius 2 is 1.43 bits per heavy atom. The van der Waals surface area contributed by atoms with Crippen molar-refractivity contribution in [3.05, 3.63) is 95.1 Å². The van der Waals surface area contributed by atoms with Gasteiger partial charge in [0.25, 0.3) is 0 Å². The molecule has 0 spiro atoms. The Balaban J connectivity index is 1.71. The molecule has 1 aliphatic rings. The van der Waals surface area contributed by atoms with E-state index >= 15 is 0 Å². The van der Waals surface area contributed by atoms with E-state index in [1.165, 1.54) is 5.56 Å². The highest BCUT2D eigenvalue weighted by Gasteiger charge is 2.34. The molecule has 4 heteroatoms. The van der Waals surface area contributed by atoms with Crippen molar-refractivity contribution in [1.29, 1.82) is 0 Å². The smallest absolute Gasteiger partial charge is 0.235 e. The van der Waals surface area contributed by atoms with E-state index in [4.69, 9.17) is 9.47 Å². The van der Waals surface area contributed by atoms with Crippen molar-refractivity contribution >= 4 is 5.91 Å². The Kier molecular flexibility index (Phi) is 5.75. The van der Waals surface area contributed by atoms with Gasteiger partial charge in [-0.2, -0.15) is 0 Å². The quantitative estimate of drug-likeness (QED) is 0.605. The first-order chi connectivity index (χ1) is 14.6. The van der Waals surface area contributed by atoms with E-state index in [0.29, 0.717) is 12.3 Å². The number of amides is 1. The number of rotatable bonds is 5. The SMILES string of the molecule is COc1cc2c(cc1OC)[C@@H](C)N(C(=O)C(c1ccccc1)c1ccccc1)CC2. The molecule has 4 nitrogen and oxygen atoms in total. The van der Waals surface area contributed by atoms with Gasteiger partial charge in [-0.1, -0.05) is 60.7 Å². The summed E-state index contributed by atoms with van der Waals surface area (Å²) in [5.41, 5.74) is 4.35. The molecule has 0 aliphatic carbocycles. The van der Waals surface area contributed by atoms with E-state index < -0.39 is 0 Å². The minimum Gasteiger partial charge on any atom is -0.493 e. The van der Waals surface area contributed by atoms with Crippen molar-refractivity contribution in [3.8, 4) is 11.5 Å². The predicted octanol–water partition coefficient (Wildman–Crippen LogP) is 4.98. The summed E-state index contributed by atoms with van der Waals surface area (Å²) in [4.78, 5) is 15.9. The van der Waals surface area contributed by atoms with E-state index in [-0.39, 0.29) is 17.9 Å². The zero-order chi connectivity index (χ0) is 21.1. The third-order valence-electron chi connectivity index (χ3n) is 5.98. The van der Waals surface area contributed by atoms with Crippen molar-refractivity contribution in [3.63, 3.8) is 0 Å². The third kappa shape index (κ3) is 3.65. The van der Waals surface area contributed by atoms with Crippen LogP contribution in [0.5, 0.6) is 11.5 Å². The van der Waals surface area contributed by atoms with E-state index in [0.717, 1.165) is 28.9 Å². The third-order valence-corrected chi connectivity index (χ3v) is 5.98. The first kappa shape index (κ1) is 20.0. The molecule has 0 bridgehead atoms. The topological polar surface area (TPSA) is 38.8 Å². The Labute approximate surface area is 178 Å². The van der Waals surface area contributed by atoms with Crippen LogP contribution >= 0.6 is 0 Å². The average Bonchev–Trinajstić information content (AvgIpc) is 2.80. The van der Waals surface area contributed by atoms with Crippen LogP contribution in [-0.2, 0) is 11.2 Å². The normalized spacial score (nSPS) is 15.6. The fourth-order valence-electron chi connectivity index (χ4n) is 4.38. The van der Waals surface area contributed by atoms with Crippen molar-refractivity contribution in [2.24, 2.45) is 0 Å². The molecule has 1 aliphatic heterocycles. The molecule has 0 saturated heterocycles.